The molecule has 0 unspecified atom stereocenters. The molecular weight excluding hydrogens is 438 g/mol. The van der Waals surface area contributed by atoms with Crippen molar-refractivity contribution in [2.45, 2.75) is 19.4 Å². The molecule has 3 aromatic carbocycles. The van der Waals surface area contributed by atoms with Gasteiger partial charge in [-0.2, -0.15) is 8.42 Å². The van der Waals surface area contributed by atoms with Gasteiger partial charge in [-0.1, -0.05) is 54.6 Å². The van der Waals surface area contributed by atoms with E-state index < -0.39 is 10.1 Å². The lowest BCUT2D eigenvalue weighted by Gasteiger charge is -2.07. The second kappa shape index (κ2) is 10.5. The first kappa shape index (κ1) is 22.8. The summed E-state index contributed by atoms with van der Waals surface area (Å²) in [5.41, 5.74) is 2.93. The molecule has 0 aliphatic rings. The van der Waals surface area contributed by atoms with E-state index in [9.17, 15) is 8.42 Å². The molecule has 4 rings (SSSR count). The fraction of sp³-hybridized carbons (Fsp3) is 0.192. The van der Waals surface area contributed by atoms with E-state index in [0.717, 1.165) is 46.0 Å². The van der Waals surface area contributed by atoms with Crippen molar-refractivity contribution in [3.8, 4) is 5.75 Å². The number of hydrogen-bond acceptors (Lipinski definition) is 6. The molecule has 1 heterocycles. The fourth-order valence-corrected chi connectivity index (χ4v) is 3.78. The SMILES string of the molecule is CS(=O)(=O)OCCCc1ccc2cc(OCc3coc(/C=C/c4ccccc4)n3)ccc2c1. The third-order valence-corrected chi connectivity index (χ3v) is 5.55. The molecule has 4 aromatic rings. The van der Waals surface area contributed by atoms with Crippen LogP contribution in [0.15, 0.2) is 77.4 Å². The molecule has 0 atom stereocenters. The van der Waals surface area contributed by atoms with Crippen molar-refractivity contribution in [2.75, 3.05) is 12.9 Å². The predicted molar refractivity (Wildman–Crippen MR) is 129 cm³/mol. The van der Waals surface area contributed by atoms with Crippen molar-refractivity contribution >= 4 is 33.0 Å². The van der Waals surface area contributed by atoms with Crippen molar-refractivity contribution in [1.29, 1.82) is 0 Å². The Morgan fingerprint density at radius 1 is 0.970 bits per heavy atom. The molecule has 0 amide bonds. The Labute approximate surface area is 193 Å². The Balaban J connectivity index is 1.32. The molecule has 7 heteroatoms. The average molecular weight is 464 g/mol. The van der Waals surface area contributed by atoms with Gasteiger partial charge in [0.25, 0.3) is 10.1 Å². The summed E-state index contributed by atoms with van der Waals surface area (Å²) < 4.78 is 38.2. The Morgan fingerprint density at radius 3 is 2.58 bits per heavy atom. The second-order valence-corrected chi connectivity index (χ2v) is 9.33. The number of nitrogens with zero attached hydrogens (tertiary/aromatic N) is 1. The van der Waals surface area contributed by atoms with E-state index in [1.165, 1.54) is 0 Å². The van der Waals surface area contributed by atoms with Gasteiger partial charge in [-0.3, -0.25) is 4.18 Å². The van der Waals surface area contributed by atoms with Crippen LogP contribution in [0.2, 0.25) is 0 Å². The molecule has 0 N–H and O–H groups in total. The lowest BCUT2D eigenvalue weighted by atomic mass is 10.0. The van der Waals surface area contributed by atoms with Crippen LogP contribution in [-0.2, 0) is 27.3 Å². The molecule has 0 spiro atoms. The van der Waals surface area contributed by atoms with Gasteiger partial charge in [-0.25, -0.2) is 4.98 Å². The summed E-state index contributed by atoms with van der Waals surface area (Å²) in [6, 6.07) is 22.1. The van der Waals surface area contributed by atoms with Crippen LogP contribution in [0, 0.1) is 0 Å². The predicted octanol–water partition coefficient (Wildman–Crippen LogP) is 5.49. The highest BCUT2D eigenvalue weighted by Gasteiger charge is 2.05. The monoisotopic (exact) mass is 463 g/mol. The summed E-state index contributed by atoms with van der Waals surface area (Å²) in [5, 5.41) is 2.16. The van der Waals surface area contributed by atoms with Crippen LogP contribution >= 0.6 is 0 Å². The maximum absolute atomic E-state index is 11.0. The van der Waals surface area contributed by atoms with Gasteiger partial charge in [-0.05, 0) is 52.9 Å². The van der Waals surface area contributed by atoms with Crippen LogP contribution in [0.1, 0.15) is 29.1 Å². The van der Waals surface area contributed by atoms with Gasteiger partial charge in [0.05, 0.1) is 12.9 Å². The minimum atomic E-state index is -3.38. The van der Waals surface area contributed by atoms with Crippen LogP contribution in [0.4, 0.5) is 0 Å². The molecule has 0 aliphatic carbocycles. The summed E-state index contributed by atoms with van der Waals surface area (Å²) >= 11 is 0. The molecule has 0 aliphatic heterocycles. The smallest absolute Gasteiger partial charge is 0.264 e. The zero-order valence-corrected chi connectivity index (χ0v) is 19.1. The Bertz CT molecular complexity index is 1340. The van der Waals surface area contributed by atoms with Gasteiger partial charge < -0.3 is 9.15 Å². The zero-order chi connectivity index (χ0) is 23.1. The molecule has 0 saturated heterocycles. The third kappa shape index (κ3) is 7.03. The number of hydrogen-bond donors (Lipinski definition) is 0. The molecule has 33 heavy (non-hydrogen) atoms. The molecule has 0 saturated carbocycles. The van der Waals surface area contributed by atoms with Crippen molar-refractivity contribution in [1.82, 2.24) is 4.98 Å². The molecule has 1 aromatic heterocycles. The number of aryl methyl sites for hydroxylation is 1. The van der Waals surface area contributed by atoms with Gasteiger partial charge in [-0.15, -0.1) is 0 Å². The van der Waals surface area contributed by atoms with Crippen LogP contribution in [0.5, 0.6) is 5.75 Å². The summed E-state index contributed by atoms with van der Waals surface area (Å²) in [4.78, 5) is 4.44. The number of rotatable bonds is 10. The standard InChI is InChI=1S/C26H25NO5S/c1-33(28,29)32-15-5-8-21-9-11-23-17-25(13-12-22(23)16-21)30-18-24-19-31-26(27-24)14-10-20-6-3-2-4-7-20/h2-4,6-7,9-14,16-17,19H,5,8,15,18H2,1H3/b14-10+. The van der Waals surface area contributed by atoms with Crippen LogP contribution in [0.3, 0.4) is 0 Å². The van der Waals surface area contributed by atoms with Crippen LogP contribution in [-0.4, -0.2) is 26.3 Å². The van der Waals surface area contributed by atoms with Gasteiger partial charge in [0.1, 0.15) is 24.3 Å². The molecule has 6 nitrogen and oxygen atoms in total. The minimum Gasteiger partial charge on any atom is -0.487 e. The lowest BCUT2D eigenvalue weighted by Crippen LogP contribution is -2.04. The highest BCUT2D eigenvalue weighted by molar-refractivity contribution is 7.85. The third-order valence-electron chi connectivity index (χ3n) is 4.96. The quantitative estimate of drug-likeness (QED) is 0.229. The number of fused-ring (bicyclic) bond motifs is 1. The van der Waals surface area contributed by atoms with E-state index in [1.54, 1.807) is 6.26 Å². The zero-order valence-electron chi connectivity index (χ0n) is 18.3. The van der Waals surface area contributed by atoms with Crippen molar-refractivity contribution in [3.63, 3.8) is 0 Å². The maximum Gasteiger partial charge on any atom is 0.264 e. The summed E-state index contributed by atoms with van der Waals surface area (Å²) in [6.45, 7) is 0.502. The molecule has 170 valence electrons. The summed E-state index contributed by atoms with van der Waals surface area (Å²) in [5.74, 6) is 1.28. The van der Waals surface area contributed by atoms with E-state index in [-0.39, 0.29) is 6.61 Å². The lowest BCUT2D eigenvalue weighted by molar-refractivity contribution is 0.301. The van der Waals surface area contributed by atoms with Gasteiger partial charge in [0, 0.05) is 6.08 Å². The van der Waals surface area contributed by atoms with Gasteiger partial charge in [0.2, 0.25) is 5.89 Å². The van der Waals surface area contributed by atoms with Crippen LogP contribution in [0.25, 0.3) is 22.9 Å². The number of oxazole rings is 1. The topological polar surface area (TPSA) is 78.6 Å². The summed E-state index contributed by atoms with van der Waals surface area (Å²) in [7, 11) is -3.38. The van der Waals surface area contributed by atoms with Crippen molar-refractivity contribution in [2.24, 2.45) is 0 Å². The van der Waals surface area contributed by atoms with E-state index in [4.69, 9.17) is 13.3 Å². The Morgan fingerprint density at radius 2 is 1.76 bits per heavy atom. The molecule has 0 fully saturated rings. The first-order valence-corrected chi connectivity index (χ1v) is 12.4. The van der Waals surface area contributed by atoms with E-state index in [0.29, 0.717) is 18.9 Å². The molecule has 0 bridgehead atoms. The molecule has 0 radical (unpaired) electrons. The largest absolute Gasteiger partial charge is 0.487 e. The number of benzene rings is 3. The van der Waals surface area contributed by atoms with Crippen LogP contribution < -0.4 is 4.74 Å². The maximum atomic E-state index is 11.0. The number of aromatic nitrogens is 1. The van der Waals surface area contributed by atoms with E-state index in [2.05, 4.69) is 11.1 Å². The first-order chi connectivity index (χ1) is 15.9. The first-order valence-electron chi connectivity index (χ1n) is 10.6. The van der Waals surface area contributed by atoms with E-state index >= 15 is 0 Å². The van der Waals surface area contributed by atoms with Gasteiger partial charge >= 0.3 is 0 Å². The number of ether oxygens (including phenoxy) is 1. The highest BCUT2D eigenvalue weighted by Crippen LogP contribution is 2.23. The molecular formula is C26H25NO5S. The fourth-order valence-electron chi connectivity index (χ4n) is 3.36. The highest BCUT2D eigenvalue weighted by atomic mass is 32.2. The summed E-state index contributed by atoms with van der Waals surface area (Å²) in [6.07, 6.45) is 7.84. The van der Waals surface area contributed by atoms with Crippen molar-refractivity contribution in [3.05, 3.63) is 95.7 Å². The normalized spacial score (nSPS) is 11.9. The Hall–Kier alpha value is -3.42. The second-order valence-electron chi connectivity index (χ2n) is 7.68. The van der Waals surface area contributed by atoms with E-state index in [1.807, 2.05) is 72.8 Å². The Kier molecular flexibility index (Phi) is 7.22. The van der Waals surface area contributed by atoms with Crippen molar-refractivity contribution < 1.29 is 21.8 Å². The average Bonchev–Trinajstić information content (AvgIpc) is 3.27. The van der Waals surface area contributed by atoms with Gasteiger partial charge in [0.15, 0.2) is 0 Å². The minimum absolute atomic E-state index is 0.190.